The zero-order valence-electron chi connectivity index (χ0n) is 9.18. The first kappa shape index (κ1) is 10.5. The number of pyridine rings is 1. The maximum atomic E-state index is 5.13. The first-order chi connectivity index (χ1) is 7.88. The predicted molar refractivity (Wildman–Crippen MR) is 64.6 cm³/mol. The second-order valence-corrected chi connectivity index (χ2v) is 3.42. The monoisotopic (exact) mass is 214 g/mol. The minimum absolute atomic E-state index is 0.765. The highest BCUT2D eigenvalue weighted by Crippen LogP contribution is 2.14. The second kappa shape index (κ2) is 5.16. The first-order valence-corrected chi connectivity index (χ1v) is 5.16. The highest BCUT2D eigenvalue weighted by Gasteiger charge is 1.96. The number of rotatable bonds is 4. The van der Waals surface area contributed by atoms with Gasteiger partial charge in [0.15, 0.2) is 0 Å². The second-order valence-electron chi connectivity index (χ2n) is 3.42. The van der Waals surface area contributed by atoms with E-state index in [1.165, 1.54) is 5.56 Å². The van der Waals surface area contributed by atoms with Gasteiger partial charge in [0, 0.05) is 18.8 Å². The largest absolute Gasteiger partial charge is 0.497 e. The van der Waals surface area contributed by atoms with Crippen molar-refractivity contribution in [2.24, 2.45) is 0 Å². The number of ether oxygens (including phenoxy) is 1. The Morgan fingerprint density at radius 1 is 1.19 bits per heavy atom. The van der Waals surface area contributed by atoms with Gasteiger partial charge in [0.2, 0.25) is 0 Å². The van der Waals surface area contributed by atoms with Crippen LogP contribution in [-0.2, 0) is 6.54 Å². The van der Waals surface area contributed by atoms with E-state index in [4.69, 9.17) is 4.74 Å². The van der Waals surface area contributed by atoms with Crippen LogP contribution in [0, 0.1) is 0 Å². The van der Waals surface area contributed by atoms with Gasteiger partial charge in [-0.3, -0.25) is 0 Å². The maximum Gasteiger partial charge on any atom is 0.129 e. The molecule has 1 heterocycles. The van der Waals surface area contributed by atoms with Gasteiger partial charge in [0.25, 0.3) is 0 Å². The highest BCUT2D eigenvalue weighted by atomic mass is 16.5. The summed E-state index contributed by atoms with van der Waals surface area (Å²) in [4.78, 5) is 4.21. The lowest BCUT2D eigenvalue weighted by Gasteiger charge is -2.06. The summed E-state index contributed by atoms with van der Waals surface area (Å²) in [5.41, 5.74) is 1.23. The van der Waals surface area contributed by atoms with Gasteiger partial charge in [-0.15, -0.1) is 0 Å². The van der Waals surface area contributed by atoms with E-state index in [-0.39, 0.29) is 0 Å². The molecule has 0 aliphatic heterocycles. The zero-order chi connectivity index (χ0) is 11.2. The number of anilines is 1. The van der Waals surface area contributed by atoms with Crippen molar-refractivity contribution in [3.8, 4) is 5.75 Å². The molecule has 0 saturated carbocycles. The number of hydrogen-bond donors (Lipinski definition) is 1. The van der Waals surface area contributed by atoms with Crippen molar-refractivity contribution in [2.45, 2.75) is 6.54 Å². The summed E-state index contributed by atoms with van der Waals surface area (Å²) in [5.74, 6) is 1.63. The molecule has 1 aromatic carbocycles. The molecule has 0 radical (unpaired) electrons. The van der Waals surface area contributed by atoms with Gasteiger partial charge < -0.3 is 10.1 Å². The van der Waals surface area contributed by atoms with Crippen molar-refractivity contribution in [2.75, 3.05) is 12.4 Å². The summed E-state index contributed by atoms with van der Waals surface area (Å²) in [6.07, 6.45) is 1.73. The van der Waals surface area contributed by atoms with Crippen LogP contribution in [0.4, 0.5) is 5.82 Å². The number of methoxy groups -OCH3 is 1. The van der Waals surface area contributed by atoms with Crippen molar-refractivity contribution in [1.82, 2.24) is 4.98 Å². The van der Waals surface area contributed by atoms with E-state index in [2.05, 4.69) is 22.4 Å². The van der Waals surface area contributed by atoms with E-state index in [1.54, 1.807) is 13.3 Å². The van der Waals surface area contributed by atoms with Crippen LogP contribution in [0.3, 0.4) is 0 Å². The Kier molecular flexibility index (Phi) is 3.38. The number of nitrogens with one attached hydrogen (secondary N) is 1. The van der Waals surface area contributed by atoms with E-state index in [9.17, 15) is 0 Å². The van der Waals surface area contributed by atoms with Crippen LogP contribution in [0.2, 0.25) is 0 Å². The molecule has 0 bridgehead atoms. The van der Waals surface area contributed by atoms with Crippen LogP contribution in [0.5, 0.6) is 5.75 Å². The molecule has 16 heavy (non-hydrogen) atoms. The number of nitrogens with zero attached hydrogens (tertiary/aromatic N) is 1. The number of benzene rings is 1. The number of hydrogen-bond acceptors (Lipinski definition) is 3. The Morgan fingerprint density at radius 2 is 2.00 bits per heavy atom. The summed E-state index contributed by atoms with van der Waals surface area (Å²) in [6.45, 7) is 0.765. The van der Waals surface area contributed by atoms with Gasteiger partial charge in [-0.2, -0.15) is 0 Å². The van der Waals surface area contributed by atoms with Crippen LogP contribution >= 0.6 is 0 Å². The summed E-state index contributed by atoms with van der Waals surface area (Å²) in [6, 6.07) is 13.9. The maximum absolute atomic E-state index is 5.13. The lowest BCUT2D eigenvalue weighted by atomic mass is 10.2. The quantitative estimate of drug-likeness (QED) is 0.849. The first-order valence-electron chi connectivity index (χ1n) is 5.16. The van der Waals surface area contributed by atoms with Crippen molar-refractivity contribution < 1.29 is 4.74 Å². The van der Waals surface area contributed by atoms with E-state index < -0.39 is 0 Å². The fourth-order valence-electron chi connectivity index (χ4n) is 1.42. The Morgan fingerprint density at radius 3 is 2.75 bits per heavy atom. The minimum Gasteiger partial charge on any atom is -0.497 e. The molecule has 0 aliphatic rings. The lowest BCUT2D eigenvalue weighted by molar-refractivity contribution is 0.414. The molecular weight excluding hydrogens is 200 g/mol. The van der Waals surface area contributed by atoms with Crippen LogP contribution in [0.25, 0.3) is 0 Å². The molecule has 0 fully saturated rings. The Bertz CT molecular complexity index is 443. The van der Waals surface area contributed by atoms with E-state index in [0.29, 0.717) is 0 Å². The average Bonchev–Trinajstić information content (AvgIpc) is 2.38. The fourth-order valence-corrected chi connectivity index (χ4v) is 1.42. The van der Waals surface area contributed by atoms with Crippen LogP contribution < -0.4 is 10.1 Å². The summed E-state index contributed by atoms with van der Waals surface area (Å²) >= 11 is 0. The minimum atomic E-state index is 0.765. The van der Waals surface area contributed by atoms with Crippen LogP contribution in [0.15, 0.2) is 48.7 Å². The molecule has 0 amide bonds. The summed E-state index contributed by atoms with van der Waals surface area (Å²) < 4.78 is 5.13. The molecule has 0 spiro atoms. The van der Waals surface area contributed by atoms with Gasteiger partial charge in [-0.25, -0.2) is 4.98 Å². The molecule has 0 atom stereocenters. The third-order valence-corrected chi connectivity index (χ3v) is 2.28. The molecule has 0 aliphatic carbocycles. The van der Waals surface area contributed by atoms with Crippen LogP contribution in [-0.4, -0.2) is 12.1 Å². The Hall–Kier alpha value is -2.03. The Labute approximate surface area is 95.1 Å². The van der Waals surface area contributed by atoms with E-state index in [0.717, 1.165) is 18.1 Å². The molecule has 1 N–H and O–H groups in total. The van der Waals surface area contributed by atoms with Gasteiger partial charge in [-0.05, 0) is 11.6 Å². The van der Waals surface area contributed by atoms with Gasteiger partial charge >= 0.3 is 0 Å². The van der Waals surface area contributed by atoms with Gasteiger partial charge in [-0.1, -0.05) is 30.3 Å². The third kappa shape index (κ3) is 2.73. The standard InChI is InChI=1S/C13H14N2O/c1-16-12-7-8-14-13(9-12)15-10-11-5-3-2-4-6-11/h2-9H,10H2,1H3,(H,14,15). The SMILES string of the molecule is COc1ccnc(NCc2ccccc2)c1. The average molecular weight is 214 g/mol. The van der Waals surface area contributed by atoms with Crippen molar-refractivity contribution in [1.29, 1.82) is 0 Å². The molecular formula is C13H14N2O. The molecule has 3 nitrogen and oxygen atoms in total. The van der Waals surface area contributed by atoms with Crippen molar-refractivity contribution in [3.05, 3.63) is 54.2 Å². The summed E-state index contributed by atoms with van der Waals surface area (Å²) in [5, 5.41) is 3.24. The van der Waals surface area contributed by atoms with Crippen LogP contribution in [0.1, 0.15) is 5.56 Å². The molecule has 2 aromatic rings. The van der Waals surface area contributed by atoms with E-state index >= 15 is 0 Å². The molecule has 0 saturated heterocycles. The summed E-state index contributed by atoms with van der Waals surface area (Å²) in [7, 11) is 1.65. The third-order valence-electron chi connectivity index (χ3n) is 2.28. The molecule has 82 valence electrons. The number of aromatic nitrogens is 1. The normalized spacial score (nSPS) is 9.81. The topological polar surface area (TPSA) is 34.1 Å². The molecule has 2 rings (SSSR count). The highest BCUT2D eigenvalue weighted by molar-refractivity contribution is 5.41. The van der Waals surface area contributed by atoms with Crippen molar-refractivity contribution >= 4 is 5.82 Å². The lowest BCUT2D eigenvalue weighted by Crippen LogP contribution is -2.01. The van der Waals surface area contributed by atoms with Gasteiger partial charge in [0.05, 0.1) is 7.11 Å². The predicted octanol–water partition coefficient (Wildman–Crippen LogP) is 2.70. The molecule has 1 aromatic heterocycles. The van der Waals surface area contributed by atoms with E-state index in [1.807, 2.05) is 30.3 Å². The van der Waals surface area contributed by atoms with Crippen molar-refractivity contribution in [3.63, 3.8) is 0 Å². The fraction of sp³-hybridized carbons (Fsp3) is 0.154. The molecule has 0 unspecified atom stereocenters. The Balaban J connectivity index is 1.99. The zero-order valence-corrected chi connectivity index (χ0v) is 9.18. The molecule has 3 heteroatoms. The smallest absolute Gasteiger partial charge is 0.129 e. The van der Waals surface area contributed by atoms with Gasteiger partial charge in [0.1, 0.15) is 11.6 Å².